The summed E-state index contributed by atoms with van der Waals surface area (Å²) in [5.74, 6) is 0.926. The van der Waals surface area contributed by atoms with Gasteiger partial charge in [-0.15, -0.1) is 0 Å². The minimum Gasteiger partial charge on any atom is -0.360 e. The predicted octanol–water partition coefficient (Wildman–Crippen LogP) is 3.44. The molecule has 2 N–H and O–H groups in total. The summed E-state index contributed by atoms with van der Waals surface area (Å²) < 4.78 is 18.5. The van der Waals surface area contributed by atoms with E-state index in [9.17, 15) is 9.18 Å². The summed E-state index contributed by atoms with van der Waals surface area (Å²) in [6.45, 7) is 1.80. The fourth-order valence-corrected chi connectivity index (χ4v) is 2.12. The molecule has 0 atom stereocenters. The van der Waals surface area contributed by atoms with Crippen molar-refractivity contribution in [2.24, 2.45) is 0 Å². The number of nitrogens with zero attached hydrogens (tertiary/aromatic N) is 2. The maximum absolute atomic E-state index is 13.5. The summed E-state index contributed by atoms with van der Waals surface area (Å²) in [6, 6.07) is 11.3. The van der Waals surface area contributed by atoms with Crippen molar-refractivity contribution in [1.82, 2.24) is 10.1 Å². The highest BCUT2D eigenvalue weighted by Crippen LogP contribution is 2.17. The molecule has 0 spiro atoms. The molecule has 3 rings (SSSR count). The van der Waals surface area contributed by atoms with E-state index >= 15 is 0 Å². The van der Waals surface area contributed by atoms with Crippen LogP contribution < -0.4 is 10.6 Å². The molecule has 2 aromatic heterocycles. The molecule has 2 heterocycles. The van der Waals surface area contributed by atoms with E-state index in [1.165, 1.54) is 6.07 Å². The van der Waals surface area contributed by atoms with Crippen LogP contribution in [0.5, 0.6) is 0 Å². The first kappa shape index (κ1) is 15.7. The summed E-state index contributed by atoms with van der Waals surface area (Å²) in [7, 11) is 0. The zero-order chi connectivity index (χ0) is 16.9. The molecule has 0 saturated carbocycles. The van der Waals surface area contributed by atoms with Crippen molar-refractivity contribution in [3.8, 4) is 0 Å². The van der Waals surface area contributed by atoms with Gasteiger partial charge in [0.1, 0.15) is 17.4 Å². The van der Waals surface area contributed by atoms with Crippen LogP contribution in [0.25, 0.3) is 0 Å². The predicted molar refractivity (Wildman–Crippen MR) is 87.5 cm³/mol. The van der Waals surface area contributed by atoms with Crippen LogP contribution in [0.15, 0.2) is 53.2 Å². The molecule has 0 radical (unpaired) electrons. The quantitative estimate of drug-likeness (QED) is 0.751. The number of benzene rings is 1. The van der Waals surface area contributed by atoms with Gasteiger partial charge in [-0.25, -0.2) is 9.37 Å². The lowest BCUT2D eigenvalue weighted by Crippen LogP contribution is -2.16. The van der Waals surface area contributed by atoms with Gasteiger partial charge >= 0.3 is 0 Å². The fraction of sp³-hybridized carbons (Fsp3) is 0.118. The second kappa shape index (κ2) is 6.91. The Morgan fingerprint density at radius 1 is 1.21 bits per heavy atom. The Morgan fingerprint density at radius 2 is 2.04 bits per heavy atom. The minimum absolute atomic E-state index is 0.0490. The van der Waals surface area contributed by atoms with Crippen molar-refractivity contribution in [2.45, 2.75) is 13.3 Å². The highest BCUT2D eigenvalue weighted by atomic mass is 19.1. The van der Waals surface area contributed by atoms with Gasteiger partial charge in [0.15, 0.2) is 5.82 Å². The van der Waals surface area contributed by atoms with Crippen molar-refractivity contribution in [3.63, 3.8) is 0 Å². The number of aromatic nitrogens is 2. The van der Waals surface area contributed by atoms with E-state index in [0.29, 0.717) is 28.6 Å². The molecular formula is C17H15FN4O2. The van der Waals surface area contributed by atoms with Gasteiger partial charge in [-0.05, 0) is 30.7 Å². The summed E-state index contributed by atoms with van der Waals surface area (Å²) >= 11 is 0. The Balaban J connectivity index is 1.59. The Kier molecular flexibility index (Phi) is 4.51. The van der Waals surface area contributed by atoms with Gasteiger partial charge in [-0.3, -0.25) is 4.79 Å². The van der Waals surface area contributed by atoms with Crippen LogP contribution in [0, 0.1) is 12.7 Å². The number of carbonyl (C=O) groups excluding carboxylic acids is 1. The number of carbonyl (C=O) groups is 1. The van der Waals surface area contributed by atoms with Crippen LogP contribution in [0.3, 0.4) is 0 Å². The van der Waals surface area contributed by atoms with Gasteiger partial charge in [0.25, 0.3) is 0 Å². The molecule has 1 amide bonds. The lowest BCUT2D eigenvalue weighted by atomic mass is 10.1. The second-order valence-electron chi connectivity index (χ2n) is 5.20. The molecule has 7 heteroatoms. The fourth-order valence-electron chi connectivity index (χ4n) is 2.12. The number of amides is 1. The SMILES string of the molecule is Cc1cc(Nc2ccc(NC(=O)Cc3ccccc3F)nc2)no1. The lowest BCUT2D eigenvalue weighted by Gasteiger charge is -2.07. The molecule has 122 valence electrons. The zero-order valence-electron chi connectivity index (χ0n) is 12.9. The smallest absolute Gasteiger partial charge is 0.230 e. The van der Waals surface area contributed by atoms with E-state index in [0.717, 1.165) is 0 Å². The topological polar surface area (TPSA) is 80.0 Å². The third-order valence-electron chi connectivity index (χ3n) is 3.24. The number of pyridine rings is 1. The number of hydrogen-bond donors (Lipinski definition) is 2. The van der Waals surface area contributed by atoms with Gasteiger partial charge in [-0.2, -0.15) is 0 Å². The van der Waals surface area contributed by atoms with Gasteiger partial charge in [-0.1, -0.05) is 23.4 Å². The Hall–Kier alpha value is -3.22. The molecule has 0 fully saturated rings. The number of aryl methyl sites for hydroxylation is 1. The third kappa shape index (κ3) is 3.95. The van der Waals surface area contributed by atoms with Crippen LogP contribution in [-0.2, 0) is 11.2 Å². The number of nitrogens with one attached hydrogen (secondary N) is 2. The number of halogens is 1. The van der Waals surface area contributed by atoms with Crippen LogP contribution in [-0.4, -0.2) is 16.0 Å². The van der Waals surface area contributed by atoms with E-state index in [2.05, 4.69) is 20.8 Å². The average Bonchev–Trinajstić information content (AvgIpc) is 2.96. The Labute approximate surface area is 137 Å². The average molecular weight is 326 g/mol. The molecule has 0 saturated heterocycles. The lowest BCUT2D eigenvalue weighted by molar-refractivity contribution is -0.115. The van der Waals surface area contributed by atoms with E-state index in [1.807, 2.05) is 0 Å². The van der Waals surface area contributed by atoms with Crippen molar-refractivity contribution in [2.75, 3.05) is 10.6 Å². The Morgan fingerprint density at radius 3 is 2.71 bits per heavy atom. The molecule has 3 aromatic rings. The van der Waals surface area contributed by atoms with E-state index in [4.69, 9.17) is 4.52 Å². The van der Waals surface area contributed by atoms with Gasteiger partial charge in [0, 0.05) is 6.07 Å². The van der Waals surface area contributed by atoms with Crippen molar-refractivity contribution in [3.05, 3.63) is 65.8 Å². The minimum atomic E-state index is -0.400. The molecule has 0 aliphatic carbocycles. The van der Waals surface area contributed by atoms with Gasteiger partial charge in [0.05, 0.1) is 18.3 Å². The molecule has 0 unspecified atom stereocenters. The Bertz CT molecular complexity index is 846. The summed E-state index contributed by atoms with van der Waals surface area (Å²) in [4.78, 5) is 16.1. The molecule has 6 nitrogen and oxygen atoms in total. The molecule has 1 aromatic carbocycles. The first-order valence-corrected chi connectivity index (χ1v) is 7.30. The largest absolute Gasteiger partial charge is 0.360 e. The summed E-state index contributed by atoms with van der Waals surface area (Å²) in [5, 5.41) is 9.47. The second-order valence-corrected chi connectivity index (χ2v) is 5.20. The standard InChI is InChI=1S/C17H15FN4O2/c1-11-8-16(22-24-11)20-13-6-7-15(19-10-13)21-17(23)9-12-4-2-3-5-14(12)18/h2-8,10H,9H2,1H3,(H,20,22)(H,19,21,23). The highest BCUT2D eigenvalue weighted by molar-refractivity contribution is 5.91. The van der Waals surface area contributed by atoms with Crippen LogP contribution in [0.4, 0.5) is 21.7 Å². The molecule has 0 aliphatic heterocycles. The number of anilines is 3. The molecule has 0 aliphatic rings. The van der Waals surface area contributed by atoms with Crippen LogP contribution in [0.1, 0.15) is 11.3 Å². The maximum Gasteiger partial charge on any atom is 0.230 e. The number of hydrogen-bond acceptors (Lipinski definition) is 5. The van der Waals surface area contributed by atoms with Crippen molar-refractivity contribution in [1.29, 1.82) is 0 Å². The zero-order valence-corrected chi connectivity index (χ0v) is 12.9. The van der Waals surface area contributed by atoms with Crippen molar-refractivity contribution < 1.29 is 13.7 Å². The monoisotopic (exact) mass is 326 g/mol. The maximum atomic E-state index is 13.5. The van der Waals surface area contributed by atoms with Gasteiger partial charge < -0.3 is 15.2 Å². The summed E-state index contributed by atoms with van der Waals surface area (Å²) in [5.41, 5.74) is 1.05. The van der Waals surface area contributed by atoms with E-state index < -0.39 is 5.82 Å². The number of rotatable bonds is 5. The van der Waals surface area contributed by atoms with E-state index in [-0.39, 0.29) is 12.3 Å². The summed E-state index contributed by atoms with van der Waals surface area (Å²) in [6.07, 6.45) is 1.51. The van der Waals surface area contributed by atoms with Crippen molar-refractivity contribution >= 4 is 23.2 Å². The highest BCUT2D eigenvalue weighted by Gasteiger charge is 2.09. The van der Waals surface area contributed by atoms with Crippen LogP contribution >= 0.6 is 0 Å². The van der Waals surface area contributed by atoms with Crippen LogP contribution in [0.2, 0.25) is 0 Å². The first-order valence-electron chi connectivity index (χ1n) is 7.30. The first-order chi connectivity index (χ1) is 11.6. The normalized spacial score (nSPS) is 10.4. The molecule has 24 heavy (non-hydrogen) atoms. The molecular weight excluding hydrogens is 311 g/mol. The third-order valence-corrected chi connectivity index (χ3v) is 3.24. The molecule has 0 bridgehead atoms. The van der Waals surface area contributed by atoms with E-state index in [1.54, 1.807) is 49.5 Å². The van der Waals surface area contributed by atoms with Gasteiger partial charge in [0.2, 0.25) is 5.91 Å².